The van der Waals surface area contributed by atoms with Crippen molar-refractivity contribution in [3.63, 3.8) is 0 Å². The molecule has 0 fully saturated rings. The van der Waals surface area contributed by atoms with Gasteiger partial charge in [-0.3, -0.25) is 0 Å². The van der Waals surface area contributed by atoms with Crippen molar-refractivity contribution in [2.75, 3.05) is 0 Å². The second kappa shape index (κ2) is 2.67. The van der Waals surface area contributed by atoms with Crippen molar-refractivity contribution in [1.29, 1.82) is 0 Å². The molecule has 0 N–H and O–H groups in total. The van der Waals surface area contributed by atoms with Gasteiger partial charge in [-0.2, -0.15) is 0 Å². The minimum absolute atomic E-state index is 0.273. The van der Waals surface area contributed by atoms with Crippen molar-refractivity contribution in [2.24, 2.45) is 0 Å². The summed E-state index contributed by atoms with van der Waals surface area (Å²) in [7, 11) is 0. The van der Waals surface area contributed by atoms with E-state index < -0.39 is 5.82 Å². The van der Waals surface area contributed by atoms with E-state index in [1.807, 2.05) is 0 Å². The molecule has 1 aromatic rings. The van der Waals surface area contributed by atoms with Gasteiger partial charge in [-0.15, -0.1) is 0 Å². The van der Waals surface area contributed by atoms with Crippen molar-refractivity contribution >= 4 is 27.5 Å². The third-order valence-corrected chi connectivity index (χ3v) is 2.00. The van der Waals surface area contributed by atoms with Crippen molar-refractivity contribution < 1.29 is 4.39 Å². The lowest BCUT2D eigenvalue weighted by Crippen LogP contribution is -1.73. The van der Waals surface area contributed by atoms with Gasteiger partial charge in [0.2, 0.25) is 0 Å². The summed E-state index contributed by atoms with van der Waals surface area (Å²) < 4.78 is 12.8. The standard InChI is InChI=1S/C6H2BrClF/c7-5-2-1-4(9)3-6(5)8/h1-2H. The highest BCUT2D eigenvalue weighted by molar-refractivity contribution is 9.10. The molecule has 0 atom stereocenters. The Kier molecular flexibility index (Phi) is 2.09. The van der Waals surface area contributed by atoms with E-state index in [0.717, 1.165) is 0 Å². The lowest BCUT2D eigenvalue weighted by atomic mass is 10.3. The Hall–Kier alpha value is -0.0800. The van der Waals surface area contributed by atoms with Crippen LogP contribution < -0.4 is 0 Å². The molecule has 0 heterocycles. The van der Waals surface area contributed by atoms with Crippen LogP contribution in [0.4, 0.5) is 4.39 Å². The predicted octanol–water partition coefficient (Wildman–Crippen LogP) is 3.04. The van der Waals surface area contributed by atoms with Gasteiger partial charge in [0, 0.05) is 10.5 Å². The summed E-state index contributed by atoms with van der Waals surface area (Å²) in [6, 6.07) is 5.11. The first-order valence-corrected chi connectivity index (χ1v) is 3.40. The van der Waals surface area contributed by atoms with E-state index in [0.29, 0.717) is 4.47 Å². The van der Waals surface area contributed by atoms with Gasteiger partial charge in [0.15, 0.2) is 0 Å². The molecule has 0 aliphatic rings. The molecule has 9 heavy (non-hydrogen) atoms. The molecule has 0 saturated carbocycles. The summed E-state index contributed by atoms with van der Waals surface area (Å²) in [6.07, 6.45) is 0. The first-order valence-electron chi connectivity index (χ1n) is 2.23. The fraction of sp³-hybridized carbons (Fsp3) is 0. The Bertz CT molecular complexity index is 224. The monoisotopic (exact) mass is 207 g/mol. The molecular weight excluding hydrogens is 206 g/mol. The fourth-order valence-electron chi connectivity index (χ4n) is 0.426. The van der Waals surface area contributed by atoms with Crippen molar-refractivity contribution in [2.45, 2.75) is 0 Å². The number of rotatable bonds is 0. The minimum atomic E-state index is -0.441. The molecule has 3 heteroatoms. The summed E-state index contributed by atoms with van der Waals surface area (Å²) >= 11 is 8.57. The molecule has 0 unspecified atom stereocenters. The summed E-state index contributed by atoms with van der Waals surface area (Å²) in [5, 5.41) is 0.273. The average Bonchev–Trinajstić information content (AvgIpc) is 1.80. The summed E-state index contributed by atoms with van der Waals surface area (Å²) in [6.45, 7) is 0. The first-order chi connectivity index (χ1) is 4.20. The normalized spacial score (nSPS) is 9.67. The molecule has 0 amide bonds. The van der Waals surface area contributed by atoms with E-state index in [9.17, 15) is 4.39 Å². The highest BCUT2D eigenvalue weighted by Crippen LogP contribution is 2.21. The lowest BCUT2D eigenvalue weighted by Gasteiger charge is -1.91. The molecule has 0 aliphatic carbocycles. The molecule has 0 aliphatic heterocycles. The summed E-state index contributed by atoms with van der Waals surface area (Å²) in [5.41, 5.74) is 0. The lowest BCUT2D eigenvalue weighted by molar-refractivity contribution is 0.625. The minimum Gasteiger partial charge on any atom is -0.206 e. The van der Waals surface area contributed by atoms with Crippen LogP contribution in [0.25, 0.3) is 0 Å². The van der Waals surface area contributed by atoms with Crippen LogP contribution in [0.15, 0.2) is 16.6 Å². The van der Waals surface area contributed by atoms with Crippen molar-refractivity contribution in [3.05, 3.63) is 33.5 Å². The van der Waals surface area contributed by atoms with Crippen LogP contribution in [-0.2, 0) is 0 Å². The molecule has 1 rings (SSSR count). The van der Waals surface area contributed by atoms with Gasteiger partial charge in [-0.05, 0) is 28.1 Å². The maximum Gasteiger partial charge on any atom is 0.132 e. The van der Waals surface area contributed by atoms with Crippen LogP contribution in [-0.4, -0.2) is 0 Å². The second-order valence-electron chi connectivity index (χ2n) is 1.47. The smallest absolute Gasteiger partial charge is 0.132 e. The Labute approximate surface area is 65.8 Å². The van der Waals surface area contributed by atoms with Gasteiger partial charge < -0.3 is 0 Å². The fourth-order valence-corrected chi connectivity index (χ4v) is 0.810. The van der Waals surface area contributed by atoms with Crippen LogP contribution in [0.2, 0.25) is 5.02 Å². The van der Waals surface area contributed by atoms with E-state index in [4.69, 9.17) is 11.6 Å². The van der Waals surface area contributed by atoms with E-state index in [-0.39, 0.29) is 5.02 Å². The van der Waals surface area contributed by atoms with Gasteiger partial charge in [-0.25, -0.2) is 4.39 Å². The molecular formula is C6H2BrClF. The molecule has 0 aromatic heterocycles. The molecule has 0 nitrogen and oxygen atoms in total. The van der Waals surface area contributed by atoms with Crippen LogP contribution in [0.3, 0.4) is 0 Å². The molecule has 0 bridgehead atoms. The SMILES string of the molecule is Fc1[c]c(Cl)c(Br)cc1. The molecule has 0 spiro atoms. The van der Waals surface area contributed by atoms with E-state index in [1.54, 1.807) is 0 Å². The zero-order valence-electron chi connectivity index (χ0n) is 4.29. The van der Waals surface area contributed by atoms with Crippen LogP contribution in [0.1, 0.15) is 0 Å². The number of benzene rings is 1. The molecule has 1 radical (unpaired) electrons. The third kappa shape index (κ3) is 1.66. The zero-order valence-corrected chi connectivity index (χ0v) is 6.63. The van der Waals surface area contributed by atoms with Crippen LogP contribution in [0, 0.1) is 11.9 Å². The molecule has 0 saturated heterocycles. The van der Waals surface area contributed by atoms with Gasteiger partial charge in [0.1, 0.15) is 5.82 Å². The zero-order chi connectivity index (χ0) is 6.85. The van der Waals surface area contributed by atoms with Crippen LogP contribution >= 0.6 is 27.5 Å². The third-order valence-electron chi connectivity index (χ3n) is 0.815. The Balaban J connectivity index is 3.17. The number of halogens is 3. The highest BCUT2D eigenvalue weighted by Gasteiger charge is 1.96. The molecule has 47 valence electrons. The van der Waals surface area contributed by atoms with Gasteiger partial charge in [0.25, 0.3) is 0 Å². The van der Waals surface area contributed by atoms with E-state index >= 15 is 0 Å². The Morgan fingerprint density at radius 1 is 1.56 bits per heavy atom. The topological polar surface area (TPSA) is 0 Å². The van der Waals surface area contributed by atoms with Crippen LogP contribution in [0.5, 0.6) is 0 Å². The van der Waals surface area contributed by atoms with E-state index in [1.165, 1.54) is 12.1 Å². The quantitative estimate of drug-likeness (QED) is 0.575. The van der Waals surface area contributed by atoms with Crippen molar-refractivity contribution in [1.82, 2.24) is 0 Å². The highest BCUT2D eigenvalue weighted by atomic mass is 79.9. The second-order valence-corrected chi connectivity index (χ2v) is 2.70. The average molecular weight is 208 g/mol. The predicted molar refractivity (Wildman–Crippen MR) is 37.9 cm³/mol. The summed E-state index contributed by atoms with van der Waals surface area (Å²) in [5.74, 6) is -0.441. The number of hydrogen-bond donors (Lipinski definition) is 0. The van der Waals surface area contributed by atoms with Gasteiger partial charge >= 0.3 is 0 Å². The Morgan fingerprint density at radius 3 is 2.67 bits per heavy atom. The largest absolute Gasteiger partial charge is 0.206 e. The van der Waals surface area contributed by atoms with Gasteiger partial charge in [0.05, 0.1) is 5.02 Å². The number of hydrogen-bond acceptors (Lipinski definition) is 0. The van der Waals surface area contributed by atoms with Crippen molar-refractivity contribution in [3.8, 4) is 0 Å². The maximum atomic E-state index is 12.2. The maximum absolute atomic E-state index is 12.2. The van der Waals surface area contributed by atoms with E-state index in [2.05, 4.69) is 22.0 Å². The molecule has 1 aromatic carbocycles. The van der Waals surface area contributed by atoms with Gasteiger partial charge in [-0.1, -0.05) is 11.6 Å². The summed E-state index contributed by atoms with van der Waals surface area (Å²) in [4.78, 5) is 0. The Morgan fingerprint density at radius 2 is 2.22 bits per heavy atom. The first kappa shape index (κ1) is 7.03.